The van der Waals surface area contributed by atoms with Crippen LogP contribution < -0.4 is 5.32 Å². The zero-order valence-electron chi connectivity index (χ0n) is 9.28. The Kier molecular flexibility index (Phi) is 3.90. The molecule has 1 atom stereocenters. The fourth-order valence-electron chi connectivity index (χ4n) is 1.11. The number of amidine groups is 1. The predicted molar refractivity (Wildman–Crippen MR) is 61.9 cm³/mol. The van der Waals surface area contributed by atoms with Gasteiger partial charge in [0.05, 0.1) is 0 Å². The Bertz CT molecular complexity index is 328. The van der Waals surface area contributed by atoms with Crippen molar-refractivity contribution in [2.45, 2.75) is 38.5 Å². The van der Waals surface area contributed by atoms with Crippen molar-refractivity contribution in [1.29, 1.82) is 5.41 Å². The van der Waals surface area contributed by atoms with E-state index in [0.29, 0.717) is 6.42 Å². The lowest BCUT2D eigenvalue weighted by molar-refractivity contribution is -0.495. The lowest BCUT2D eigenvalue weighted by Crippen LogP contribution is -2.35. The number of nitrogens with zero attached hydrogens (tertiary/aromatic N) is 1. The third-order valence-corrected chi connectivity index (χ3v) is 3.73. The Morgan fingerprint density at radius 3 is 2.62 bits per heavy atom. The van der Waals surface area contributed by atoms with Crippen molar-refractivity contribution in [2.75, 3.05) is 0 Å². The quantitative estimate of drug-likeness (QED) is 0.258. The van der Waals surface area contributed by atoms with Crippen LogP contribution in [-0.4, -0.2) is 21.4 Å². The number of rotatable bonds is 4. The van der Waals surface area contributed by atoms with Gasteiger partial charge in [0.2, 0.25) is 5.91 Å². The second kappa shape index (κ2) is 4.82. The molecule has 0 aromatic rings. The molecule has 1 aliphatic rings. The Morgan fingerprint density at radius 1 is 1.69 bits per heavy atom. The van der Waals surface area contributed by atoms with Crippen LogP contribution in [-0.2, 0) is 4.79 Å². The van der Waals surface area contributed by atoms with E-state index in [1.54, 1.807) is 6.92 Å². The maximum absolute atomic E-state index is 11.5. The van der Waals surface area contributed by atoms with Crippen molar-refractivity contribution in [3.63, 3.8) is 0 Å². The summed E-state index contributed by atoms with van der Waals surface area (Å²) in [6.07, 6.45) is 1.97. The van der Waals surface area contributed by atoms with Gasteiger partial charge in [0.25, 0.3) is 5.37 Å². The van der Waals surface area contributed by atoms with Crippen LogP contribution in [0.1, 0.15) is 33.1 Å². The molecule has 1 rings (SSSR count). The van der Waals surface area contributed by atoms with E-state index in [0.717, 1.165) is 24.6 Å². The first-order valence-electron chi connectivity index (χ1n) is 5.09. The van der Waals surface area contributed by atoms with Crippen molar-refractivity contribution in [3.8, 4) is 0 Å². The summed E-state index contributed by atoms with van der Waals surface area (Å²) >= 11 is 0.777. The highest BCUT2D eigenvalue weighted by molar-refractivity contribution is 8.14. The number of hydrogen-bond acceptors (Lipinski definition) is 5. The molecule has 0 spiro atoms. The van der Waals surface area contributed by atoms with Crippen molar-refractivity contribution in [2.24, 2.45) is 5.41 Å². The summed E-state index contributed by atoms with van der Waals surface area (Å²) in [6.45, 7) is 3.50. The minimum atomic E-state index is -0.861. The van der Waals surface area contributed by atoms with Gasteiger partial charge in [-0.1, -0.05) is 13.8 Å². The van der Waals surface area contributed by atoms with E-state index >= 15 is 0 Å². The minimum absolute atomic E-state index is 0.137. The molecule has 6 nitrogen and oxygen atoms in total. The summed E-state index contributed by atoms with van der Waals surface area (Å²) in [7, 11) is 0. The van der Waals surface area contributed by atoms with E-state index in [1.165, 1.54) is 0 Å². The molecule has 0 radical (unpaired) electrons. The van der Waals surface area contributed by atoms with Gasteiger partial charge in [0.1, 0.15) is 0 Å². The van der Waals surface area contributed by atoms with Crippen LogP contribution in [0.25, 0.3) is 0 Å². The van der Waals surface area contributed by atoms with Gasteiger partial charge in [-0.3, -0.25) is 20.3 Å². The van der Waals surface area contributed by atoms with Crippen LogP contribution in [0, 0.1) is 20.9 Å². The van der Waals surface area contributed by atoms with Gasteiger partial charge in [-0.05, 0) is 24.6 Å². The highest BCUT2D eigenvalue weighted by atomic mass is 32.2. The molecule has 1 aliphatic carbocycles. The fourth-order valence-corrected chi connectivity index (χ4v) is 1.79. The summed E-state index contributed by atoms with van der Waals surface area (Å²) in [5.41, 5.74) is -0.358. The molecule has 1 saturated carbocycles. The highest BCUT2D eigenvalue weighted by Gasteiger charge is 2.45. The van der Waals surface area contributed by atoms with Gasteiger partial charge in [-0.25, -0.2) is 0 Å². The summed E-state index contributed by atoms with van der Waals surface area (Å²) in [4.78, 5) is 21.6. The first kappa shape index (κ1) is 13.0. The SMILES string of the molecule is CCC(SC(=N)NC(=O)C1(C)CC1)[N+](=O)[O-]. The smallest absolute Gasteiger partial charge is 0.265 e. The van der Waals surface area contributed by atoms with Gasteiger partial charge in [-0.15, -0.1) is 0 Å². The maximum Gasteiger partial charge on any atom is 0.265 e. The number of carbonyl (C=O) groups is 1. The monoisotopic (exact) mass is 245 g/mol. The third-order valence-electron chi connectivity index (χ3n) is 2.61. The molecular formula is C9H15N3O3S. The molecule has 0 aromatic heterocycles. The summed E-state index contributed by atoms with van der Waals surface area (Å²) < 4.78 is 0. The highest BCUT2D eigenvalue weighted by Crippen LogP contribution is 2.45. The predicted octanol–water partition coefficient (Wildman–Crippen LogP) is 1.58. The van der Waals surface area contributed by atoms with Gasteiger partial charge in [0, 0.05) is 16.8 Å². The van der Waals surface area contributed by atoms with Crippen LogP contribution in [0.5, 0.6) is 0 Å². The first-order valence-corrected chi connectivity index (χ1v) is 5.97. The number of carbonyl (C=O) groups excluding carboxylic acids is 1. The Morgan fingerprint density at radius 2 is 2.25 bits per heavy atom. The Hall–Kier alpha value is -1.11. The van der Waals surface area contributed by atoms with E-state index in [-0.39, 0.29) is 16.5 Å². The van der Waals surface area contributed by atoms with E-state index < -0.39 is 10.3 Å². The zero-order valence-corrected chi connectivity index (χ0v) is 10.1. The molecule has 1 fully saturated rings. The van der Waals surface area contributed by atoms with Crippen molar-refractivity contribution < 1.29 is 9.72 Å². The lowest BCUT2D eigenvalue weighted by Gasteiger charge is -2.11. The Labute approximate surface area is 97.8 Å². The molecule has 0 saturated heterocycles. The molecule has 0 aliphatic heterocycles. The van der Waals surface area contributed by atoms with Gasteiger partial charge in [-0.2, -0.15) is 0 Å². The molecule has 1 unspecified atom stereocenters. The fraction of sp³-hybridized carbons (Fsp3) is 0.778. The largest absolute Gasteiger partial charge is 0.305 e. The Balaban J connectivity index is 2.41. The number of nitro groups is 1. The zero-order chi connectivity index (χ0) is 12.3. The summed E-state index contributed by atoms with van der Waals surface area (Å²) in [6, 6.07) is 0. The van der Waals surface area contributed by atoms with E-state index in [4.69, 9.17) is 5.41 Å². The van der Waals surface area contributed by atoms with Crippen LogP contribution in [0.15, 0.2) is 0 Å². The number of thioether (sulfide) groups is 1. The van der Waals surface area contributed by atoms with Crippen LogP contribution in [0.4, 0.5) is 0 Å². The number of hydrogen-bond donors (Lipinski definition) is 2. The number of amides is 1. The van der Waals surface area contributed by atoms with Crippen LogP contribution in [0.3, 0.4) is 0 Å². The van der Waals surface area contributed by atoms with E-state index in [2.05, 4.69) is 5.32 Å². The van der Waals surface area contributed by atoms with Crippen molar-refractivity contribution >= 4 is 22.8 Å². The summed E-state index contributed by atoms with van der Waals surface area (Å²) in [5.74, 6) is -0.205. The molecule has 7 heteroatoms. The molecule has 16 heavy (non-hydrogen) atoms. The first-order chi connectivity index (χ1) is 7.39. The average molecular weight is 245 g/mol. The molecule has 1 amide bonds. The molecule has 2 N–H and O–H groups in total. The standard InChI is InChI=1S/C9H15N3O3S/c1-3-6(12(14)15)16-8(10)11-7(13)9(2)4-5-9/h6H,3-5H2,1-2H3,(H2,10,11,13). The molecule has 0 heterocycles. The van der Waals surface area contributed by atoms with E-state index in [9.17, 15) is 14.9 Å². The van der Waals surface area contributed by atoms with Crippen molar-refractivity contribution in [1.82, 2.24) is 5.32 Å². The number of nitrogens with one attached hydrogen (secondary N) is 2. The molecule has 0 bridgehead atoms. The molecular weight excluding hydrogens is 230 g/mol. The third kappa shape index (κ3) is 3.19. The van der Waals surface area contributed by atoms with Gasteiger partial charge in [0.15, 0.2) is 5.17 Å². The summed E-state index contributed by atoms with van der Waals surface area (Å²) in [5, 5.41) is 19.4. The lowest BCUT2D eigenvalue weighted by atomic mass is 10.1. The normalized spacial score (nSPS) is 18.6. The average Bonchev–Trinajstić information content (AvgIpc) is 2.93. The minimum Gasteiger partial charge on any atom is -0.305 e. The maximum atomic E-state index is 11.5. The topological polar surface area (TPSA) is 96.1 Å². The van der Waals surface area contributed by atoms with Crippen LogP contribution in [0.2, 0.25) is 0 Å². The molecule has 0 aromatic carbocycles. The van der Waals surface area contributed by atoms with E-state index in [1.807, 2.05) is 6.92 Å². The van der Waals surface area contributed by atoms with Crippen LogP contribution >= 0.6 is 11.8 Å². The molecule has 90 valence electrons. The van der Waals surface area contributed by atoms with Crippen molar-refractivity contribution in [3.05, 3.63) is 10.1 Å². The van der Waals surface area contributed by atoms with Gasteiger partial charge >= 0.3 is 0 Å². The second-order valence-corrected chi connectivity index (χ2v) is 5.30. The van der Waals surface area contributed by atoms with Gasteiger partial charge < -0.3 is 5.32 Å². The second-order valence-electron chi connectivity index (χ2n) is 4.11.